The van der Waals surface area contributed by atoms with Gasteiger partial charge in [-0.2, -0.15) is 0 Å². The van der Waals surface area contributed by atoms with Crippen LogP contribution in [0, 0.1) is 6.92 Å². The van der Waals surface area contributed by atoms with Crippen molar-refractivity contribution in [3.05, 3.63) is 45.7 Å². The van der Waals surface area contributed by atoms with Crippen molar-refractivity contribution in [2.45, 2.75) is 40.2 Å². The van der Waals surface area contributed by atoms with Gasteiger partial charge in [0.2, 0.25) is 0 Å². The predicted octanol–water partition coefficient (Wildman–Crippen LogP) is 3.30. The van der Waals surface area contributed by atoms with Gasteiger partial charge < -0.3 is 0 Å². The number of H-pyrrole nitrogens is 1. The molecule has 0 spiro atoms. The Labute approximate surface area is 107 Å². The van der Waals surface area contributed by atoms with E-state index in [9.17, 15) is 4.79 Å². The van der Waals surface area contributed by atoms with Crippen LogP contribution in [-0.4, -0.2) is 9.78 Å². The molecule has 3 nitrogen and oxygen atoms in total. The number of aromatic nitrogens is 2. The fourth-order valence-electron chi connectivity index (χ4n) is 2.22. The summed E-state index contributed by atoms with van der Waals surface area (Å²) >= 11 is 0. The minimum absolute atomic E-state index is 0.101. The van der Waals surface area contributed by atoms with Crippen LogP contribution < -0.4 is 5.56 Å². The van der Waals surface area contributed by atoms with Crippen LogP contribution in [0.2, 0.25) is 0 Å². The number of aromatic amines is 1. The molecular weight excluding hydrogens is 224 g/mol. The summed E-state index contributed by atoms with van der Waals surface area (Å²) in [6, 6.07) is 8.39. The van der Waals surface area contributed by atoms with Gasteiger partial charge in [0, 0.05) is 17.2 Å². The van der Waals surface area contributed by atoms with Gasteiger partial charge in [-0.05, 0) is 33.3 Å². The Morgan fingerprint density at radius 2 is 2.06 bits per heavy atom. The molecule has 0 amide bonds. The van der Waals surface area contributed by atoms with E-state index in [-0.39, 0.29) is 11.6 Å². The molecule has 0 radical (unpaired) electrons. The van der Waals surface area contributed by atoms with Crippen molar-refractivity contribution in [2.24, 2.45) is 0 Å². The summed E-state index contributed by atoms with van der Waals surface area (Å²) in [5, 5.41) is 3.25. The molecular formula is C15H20N2O. The normalized spacial score (nSPS) is 11.2. The minimum atomic E-state index is 0.101. The van der Waals surface area contributed by atoms with Gasteiger partial charge in [-0.1, -0.05) is 30.7 Å². The van der Waals surface area contributed by atoms with Gasteiger partial charge in [0.05, 0.1) is 5.69 Å². The Bertz CT molecular complexity index is 605. The molecule has 18 heavy (non-hydrogen) atoms. The minimum Gasteiger partial charge on any atom is -0.294 e. The second-order valence-corrected chi connectivity index (χ2v) is 4.96. The Kier molecular flexibility index (Phi) is 3.41. The average molecular weight is 244 g/mol. The molecule has 3 heteroatoms. The molecule has 0 bridgehead atoms. The van der Waals surface area contributed by atoms with E-state index in [1.807, 2.05) is 32.9 Å². The highest BCUT2D eigenvalue weighted by Gasteiger charge is 2.15. The van der Waals surface area contributed by atoms with Crippen molar-refractivity contribution in [1.29, 1.82) is 0 Å². The molecule has 1 aromatic carbocycles. The molecule has 0 aliphatic rings. The Hall–Kier alpha value is -1.77. The highest BCUT2D eigenvalue weighted by molar-refractivity contribution is 5.63. The predicted molar refractivity (Wildman–Crippen MR) is 75.0 cm³/mol. The molecule has 0 fully saturated rings. The lowest BCUT2D eigenvalue weighted by Gasteiger charge is -2.05. The standard InChI is InChI=1S/C15H20N2O/c1-5-13-14(12-8-6-7-11(4)9-12)16-17(10(2)3)15(13)18/h6-10,16H,5H2,1-4H3. The van der Waals surface area contributed by atoms with Gasteiger partial charge in [-0.3, -0.25) is 9.89 Å². The maximum absolute atomic E-state index is 12.3. The number of rotatable bonds is 3. The summed E-state index contributed by atoms with van der Waals surface area (Å²) in [6.07, 6.45) is 0.748. The highest BCUT2D eigenvalue weighted by atomic mass is 16.1. The SMILES string of the molecule is CCc1c(-c2cccc(C)c2)[nH]n(C(C)C)c1=O. The third kappa shape index (κ3) is 2.13. The summed E-state index contributed by atoms with van der Waals surface area (Å²) in [5.74, 6) is 0. The third-order valence-corrected chi connectivity index (χ3v) is 3.19. The Morgan fingerprint density at radius 3 is 2.61 bits per heavy atom. The maximum atomic E-state index is 12.3. The fraction of sp³-hybridized carbons (Fsp3) is 0.400. The molecule has 1 N–H and O–H groups in total. The van der Waals surface area contributed by atoms with Crippen LogP contribution in [0.4, 0.5) is 0 Å². The van der Waals surface area contributed by atoms with Gasteiger partial charge in [-0.15, -0.1) is 0 Å². The summed E-state index contributed by atoms with van der Waals surface area (Å²) in [4.78, 5) is 12.3. The molecule has 0 unspecified atom stereocenters. The van der Waals surface area contributed by atoms with Gasteiger partial charge in [0.25, 0.3) is 5.56 Å². The van der Waals surface area contributed by atoms with E-state index in [4.69, 9.17) is 0 Å². The molecule has 96 valence electrons. The van der Waals surface area contributed by atoms with E-state index in [1.165, 1.54) is 5.56 Å². The first-order chi connectivity index (χ1) is 8.54. The van der Waals surface area contributed by atoms with Crippen molar-refractivity contribution in [3.8, 4) is 11.3 Å². The number of nitrogens with one attached hydrogen (secondary N) is 1. The van der Waals surface area contributed by atoms with Gasteiger partial charge in [0.15, 0.2) is 0 Å². The van der Waals surface area contributed by atoms with Gasteiger partial charge in [0.1, 0.15) is 0 Å². The molecule has 0 aliphatic heterocycles. The van der Waals surface area contributed by atoms with E-state index in [2.05, 4.69) is 24.2 Å². The summed E-state index contributed by atoms with van der Waals surface area (Å²) in [5.41, 5.74) is 4.22. The Balaban J connectivity index is 2.64. The van der Waals surface area contributed by atoms with Crippen molar-refractivity contribution in [1.82, 2.24) is 9.78 Å². The molecule has 2 rings (SSSR count). The van der Waals surface area contributed by atoms with E-state index in [1.54, 1.807) is 4.68 Å². The van der Waals surface area contributed by atoms with E-state index in [0.717, 1.165) is 23.2 Å². The largest absolute Gasteiger partial charge is 0.294 e. The zero-order valence-corrected chi connectivity index (χ0v) is 11.4. The molecule has 0 saturated heterocycles. The molecule has 1 heterocycles. The molecule has 0 atom stereocenters. The number of hydrogen-bond acceptors (Lipinski definition) is 1. The maximum Gasteiger partial charge on any atom is 0.270 e. The van der Waals surface area contributed by atoms with Crippen LogP contribution in [0.3, 0.4) is 0 Å². The van der Waals surface area contributed by atoms with Crippen LogP contribution in [0.25, 0.3) is 11.3 Å². The first kappa shape index (κ1) is 12.7. The van der Waals surface area contributed by atoms with Gasteiger partial charge >= 0.3 is 0 Å². The third-order valence-electron chi connectivity index (χ3n) is 3.19. The van der Waals surface area contributed by atoms with Crippen LogP contribution in [0.1, 0.15) is 37.9 Å². The number of nitrogens with zero attached hydrogens (tertiary/aromatic N) is 1. The van der Waals surface area contributed by atoms with E-state index < -0.39 is 0 Å². The van der Waals surface area contributed by atoms with E-state index in [0.29, 0.717) is 0 Å². The average Bonchev–Trinajstić information content (AvgIpc) is 2.66. The van der Waals surface area contributed by atoms with E-state index >= 15 is 0 Å². The topological polar surface area (TPSA) is 37.8 Å². The van der Waals surface area contributed by atoms with Crippen molar-refractivity contribution >= 4 is 0 Å². The van der Waals surface area contributed by atoms with Crippen molar-refractivity contribution < 1.29 is 0 Å². The lowest BCUT2D eigenvalue weighted by molar-refractivity contribution is 0.517. The first-order valence-corrected chi connectivity index (χ1v) is 6.45. The number of hydrogen-bond donors (Lipinski definition) is 1. The van der Waals surface area contributed by atoms with Crippen molar-refractivity contribution in [3.63, 3.8) is 0 Å². The zero-order chi connectivity index (χ0) is 13.3. The van der Waals surface area contributed by atoms with Crippen LogP contribution in [-0.2, 0) is 6.42 Å². The van der Waals surface area contributed by atoms with Crippen LogP contribution in [0.5, 0.6) is 0 Å². The second kappa shape index (κ2) is 4.84. The quantitative estimate of drug-likeness (QED) is 0.883. The molecule has 0 aliphatic carbocycles. The lowest BCUT2D eigenvalue weighted by Crippen LogP contribution is -2.20. The van der Waals surface area contributed by atoms with Crippen LogP contribution >= 0.6 is 0 Å². The fourth-order valence-corrected chi connectivity index (χ4v) is 2.22. The zero-order valence-electron chi connectivity index (χ0n) is 11.4. The summed E-state index contributed by atoms with van der Waals surface area (Å²) in [6.45, 7) is 8.11. The molecule has 0 saturated carbocycles. The summed E-state index contributed by atoms with van der Waals surface area (Å²) in [7, 11) is 0. The number of aryl methyl sites for hydroxylation is 1. The van der Waals surface area contributed by atoms with Gasteiger partial charge in [-0.25, -0.2) is 4.68 Å². The second-order valence-electron chi connectivity index (χ2n) is 4.96. The number of benzene rings is 1. The smallest absolute Gasteiger partial charge is 0.270 e. The summed E-state index contributed by atoms with van der Waals surface area (Å²) < 4.78 is 1.70. The van der Waals surface area contributed by atoms with Crippen molar-refractivity contribution in [2.75, 3.05) is 0 Å². The Morgan fingerprint density at radius 1 is 1.33 bits per heavy atom. The molecule has 1 aromatic heterocycles. The monoisotopic (exact) mass is 244 g/mol. The van der Waals surface area contributed by atoms with Crippen LogP contribution in [0.15, 0.2) is 29.1 Å². The first-order valence-electron chi connectivity index (χ1n) is 6.45. The highest BCUT2D eigenvalue weighted by Crippen LogP contribution is 2.21. The molecule has 2 aromatic rings. The lowest BCUT2D eigenvalue weighted by atomic mass is 10.0.